The number of aryl methyl sites for hydroxylation is 1. The summed E-state index contributed by atoms with van der Waals surface area (Å²) in [6.45, 7) is 2.62. The van der Waals surface area contributed by atoms with Crippen molar-refractivity contribution < 1.29 is 14.7 Å². The van der Waals surface area contributed by atoms with Gasteiger partial charge in [-0.25, -0.2) is 4.68 Å². The molecule has 2 atom stereocenters. The number of aromatic nitrogens is 2. The lowest BCUT2D eigenvalue weighted by Crippen LogP contribution is -2.30. The van der Waals surface area contributed by atoms with Gasteiger partial charge in [-0.15, -0.1) is 0 Å². The highest BCUT2D eigenvalue weighted by molar-refractivity contribution is 6.32. The first-order chi connectivity index (χ1) is 12.5. The van der Waals surface area contributed by atoms with Gasteiger partial charge in [0.2, 0.25) is 0 Å². The van der Waals surface area contributed by atoms with E-state index >= 15 is 0 Å². The lowest BCUT2D eigenvalue weighted by molar-refractivity contribution is -0.142. The average Bonchev–Trinajstić information content (AvgIpc) is 3.24. The van der Waals surface area contributed by atoms with Crippen molar-refractivity contribution in [2.75, 3.05) is 13.1 Å². The molecular weight excluding hydrogens is 354 g/mol. The quantitative estimate of drug-likeness (QED) is 0.893. The molecule has 1 N–H and O–H groups in total. The second-order valence-electron chi connectivity index (χ2n) is 7.19. The van der Waals surface area contributed by atoms with Crippen LogP contribution < -0.4 is 0 Å². The summed E-state index contributed by atoms with van der Waals surface area (Å²) >= 11 is 6.24. The van der Waals surface area contributed by atoms with Crippen LogP contribution >= 0.6 is 11.6 Å². The van der Waals surface area contributed by atoms with Crippen LogP contribution in [0.3, 0.4) is 0 Å². The number of rotatable bonds is 4. The Morgan fingerprint density at radius 3 is 2.62 bits per heavy atom. The smallest absolute Gasteiger partial charge is 0.308 e. The fraction of sp³-hybridized carbons (Fsp3) is 0.421. The van der Waals surface area contributed by atoms with Crippen molar-refractivity contribution in [3.05, 3.63) is 46.7 Å². The number of hydrogen-bond acceptors (Lipinski definition) is 3. The van der Waals surface area contributed by atoms with Crippen LogP contribution in [0, 0.1) is 24.7 Å². The maximum absolute atomic E-state index is 12.9. The molecule has 0 bridgehead atoms. The Hall–Kier alpha value is -2.34. The van der Waals surface area contributed by atoms with E-state index in [1.165, 1.54) is 0 Å². The maximum atomic E-state index is 12.9. The van der Waals surface area contributed by atoms with E-state index in [4.69, 9.17) is 11.6 Å². The van der Waals surface area contributed by atoms with Crippen LogP contribution in [-0.4, -0.2) is 44.8 Å². The number of carbonyl (C=O) groups excluding carboxylic acids is 1. The van der Waals surface area contributed by atoms with Crippen LogP contribution in [0.4, 0.5) is 0 Å². The second kappa shape index (κ2) is 6.43. The van der Waals surface area contributed by atoms with Crippen LogP contribution in [0.5, 0.6) is 0 Å². The molecule has 2 heterocycles. The fourth-order valence-corrected chi connectivity index (χ4v) is 4.08. The number of benzene rings is 1. The molecule has 1 aliphatic carbocycles. The summed E-state index contributed by atoms with van der Waals surface area (Å²) in [7, 11) is 0. The Labute approximate surface area is 156 Å². The van der Waals surface area contributed by atoms with Crippen molar-refractivity contribution in [1.82, 2.24) is 14.7 Å². The highest BCUT2D eigenvalue weighted by Gasteiger charge is 2.47. The van der Waals surface area contributed by atoms with Gasteiger partial charge in [0.25, 0.3) is 5.91 Å². The predicted molar refractivity (Wildman–Crippen MR) is 96.6 cm³/mol. The molecule has 2 aliphatic rings. The van der Waals surface area contributed by atoms with Crippen LogP contribution in [0.2, 0.25) is 5.02 Å². The van der Waals surface area contributed by atoms with Gasteiger partial charge in [0.05, 0.1) is 16.6 Å². The van der Waals surface area contributed by atoms with Crippen molar-refractivity contribution in [2.45, 2.75) is 19.8 Å². The summed E-state index contributed by atoms with van der Waals surface area (Å²) < 4.78 is 1.65. The van der Waals surface area contributed by atoms with Gasteiger partial charge < -0.3 is 10.0 Å². The van der Waals surface area contributed by atoms with Crippen molar-refractivity contribution in [3.63, 3.8) is 0 Å². The Balaban J connectivity index is 1.59. The number of likely N-dealkylation sites (tertiary alicyclic amines) is 1. The zero-order valence-electron chi connectivity index (χ0n) is 14.4. The van der Waals surface area contributed by atoms with E-state index in [0.717, 1.165) is 18.5 Å². The number of carbonyl (C=O) groups is 2. The molecule has 7 heteroatoms. The molecule has 0 unspecified atom stereocenters. The Morgan fingerprint density at radius 2 is 1.96 bits per heavy atom. The zero-order valence-corrected chi connectivity index (χ0v) is 15.2. The summed E-state index contributed by atoms with van der Waals surface area (Å²) in [5, 5.41) is 14.5. The first-order valence-electron chi connectivity index (χ1n) is 8.79. The van der Waals surface area contributed by atoms with E-state index < -0.39 is 11.9 Å². The average molecular weight is 374 g/mol. The van der Waals surface area contributed by atoms with Gasteiger partial charge in [-0.3, -0.25) is 9.59 Å². The van der Waals surface area contributed by atoms with E-state index in [2.05, 4.69) is 5.10 Å². The van der Waals surface area contributed by atoms with E-state index in [0.29, 0.717) is 28.9 Å². The van der Waals surface area contributed by atoms with Gasteiger partial charge >= 0.3 is 5.97 Å². The molecule has 1 aliphatic heterocycles. The van der Waals surface area contributed by atoms with Gasteiger partial charge in [0, 0.05) is 18.8 Å². The molecule has 136 valence electrons. The lowest BCUT2D eigenvalue weighted by atomic mass is 9.92. The molecule has 0 spiro atoms. The zero-order chi connectivity index (χ0) is 18.4. The SMILES string of the molecule is Cc1cc(C(=O)N2C[C@H](C(=O)O)[C@@H](C3CC3)C2)nn1-c1ccccc1Cl. The third kappa shape index (κ3) is 2.98. The molecule has 1 aromatic heterocycles. The molecule has 6 nitrogen and oxygen atoms in total. The summed E-state index contributed by atoms with van der Waals surface area (Å²) in [6.07, 6.45) is 2.13. The largest absolute Gasteiger partial charge is 0.481 e. The number of carboxylic acid groups (broad SMARTS) is 1. The molecule has 1 saturated heterocycles. The molecule has 2 aromatic rings. The minimum atomic E-state index is -0.810. The Morgan fingerprint density at radius 1 is 1.23 bits per heavy atom. The minimum Gasteiger partial charge on any atom is -0.481 e. The van der Waals surface area contributed by atoms with Crippen molar-refractivity contribution in [2.24, 2.45) is 17.8 Å². The molecule has 26 heavy (non-hydrogen) atoms. The van der Waals surface area contributed by atoms with E-state index in [1.807, 2.05) is 25.1 Å². The van der Waals surface area contributed by atoms with Gasteiger partial charge in [-0.05, 0) is 49.8 Å². The van der Waals surface area contributed by atoms with Crippen LogP contribution in [-0.2, 0) is 4.79 Å². The van der Waals surface area contributed by atoms with Gasteiger partial charge in [0.15, 0.2) is 5.69 Å². The molecule has 1 aromatic carbocycles. The van der Waals surface area contributed by atoms with E-state index in [-0.39, 0.29) is 18.4 Å². The number of aliphatic carboxylic acids is 1. The van der Waals surface area contributed by atoms with E-state index in [9.17, 15) is 14.7 Å². The maximum Gasteiger partial charge on any atom is 0.308 e. The minimum absolute atomic E-state index is 0.0585. The number of amides is 1. The molecule has 2 fully saturated rings. The van der Waals surface area contributed by atoms with Gasteiger partial charge in [-0.2, -0.15) is 5.10 Å². The highest BCUT2D eigenvalue weighted by atomic mass is 35.5. The number of nitrogens with zero attached hydrogens (tertiary/aromatic N) is 3. The summed E-state index contributed by atoms with van der Waals surface area (Å²) in [5.41, 5.74) is 1.84. The molecule has 1 amide bonds. The topological polar surface area (TPSA) is 75.4 Å². The first kappa shape index (κ1) is 17.1. The Bertz CT molecular complexity index is 875. The van der Waals surface area contributed by atoms with Gasteiger partial charge in [0.1, 0.15) is 0 Å². The lowest BCUT2D eigenvalue weighted by Gasteiger charge is -2.14. The number of hydrogen-bond donors (Lipinski definition) is 1. The standard InChI is InChI=1S/C19H20ClN3O3/c1-11-8-16(21-23(11)17-5-3-2-4-15(17)20)18(24)22-9-13(12-6-7-12)14(10-22)19(25)26/h2-5,8,12-14H,6-7,9-10H2,1H3,(H,25,26)/t13-,14+/m1/s1. The summed E-state index contributed by atoms with van der Waals surface area (Å²) in [6, 6.07) is 9.05. The molecular formula is C19H20ClN3O3. The molecule has 4 rings (SSSR count). The van der Waals surface area contributed by atoms with Crippen molar-refractivity contribution in [3.8, 4) is 5.69 Å². The predicted octanol–water partition coefficient (Wildman–Crippen LogP) is 3.02. The van der Waals surface area contributed by atoms with Gasteiger partial charge in [-0.1, -0.05) is 23.7 Å². The second-order valence-corrected chi connectivity index (χ2v) is 7.60. The van der Waals surface area contributed by atoms with E-state index in [1.54, 1.807) is 21.7 Å². The van der Waals surface area contributed by atoms with Crippen LogP contribution in [0.25, 0.3) is 5.69 Å². The van der Waals surface area contributed by atoms with Crippen molar-refractivity contribution in [1.29, 1.82) is 0 Å². The monoisotopic (exact) mass is 373 g/mol. The number of para-hydroxylation sites is 1. The Kier molecular flexibility index (Phi) is 4.23. The van der Waals surface area contributed by atoms with Crippen molar-refractivity contribution >= 4 is 23.5 Å². The molecule has 0 radical (unpaired) electrons. The third-order valence-electron chi connectivity index (χ3n) is 5.38. The van der Waals surface area contributed by atoms with Crippen LogP contribution in [0.1, 0.15) is 29.0 Å². The first-order valence-corrected chi connectivity index (χ1v) is 9.17. The summed E-state index contributed by atoms with van der Waals surface area (Å²) in [4.78, 5) is 26.1. The number of carboxylic acids is 1. The normalized spacial score (nSPS) is 22.6. The number of halogens is 1. The third-order valence-corrected chi connectivity index (χ3v) is 5.70. The highest BCUT2D eigenvalue weighted by Crippen LogP contribution is 2.44. The van der Waals surface area contributed by atoms with Crippen LogP contribution in [0.15, 0.2) is 30.3 Å². The molecule has 1 saturated carbocycles. The fourth-order valence-electron chi connectivity index (χ4n) is 3.87. The summed E-state index contributed by atoms with van der Waals surface area (Å²) in [5.74, 6) is -0.999.